The van der Waals surface area contributed by atoms with Crippen molar-refractivity contribution in [3.05, 3.63) is 41.7 Å². The summed E-state index contributed by atoms with van der Waals surface area (Å²) in [6.07, 6.45) is 3.31. The molecule has 0 unspecified atom stereocenters. The highest BCUT2D eigenvalue weighted by atomic mass is 32.1. The minimum absolute atomic E-state index is 0.257. The van der Waals surface area contributed by atoms with Crippen LogP contribution in [0.5, 0.6) is 0 Å². The van der Waals surface area contributed by atoms with Crippen molar-refractivity contribution in [2.75, 3.05) is 5.32 Å². The SMILES string of the molecule is Cn1cc(NC(=O)c2cc(-c3cccs3)[nH]n2)cn1. The van der Waals surface area contributed by atoms with E-state index in [1.807, 2.05) is 17.5 Å². The van der Waals surface area contributed by atoms with Crippen LogP contribution in [0.3, 0.4) is 0 Å². The quantitative estimate of drug-likeness (QED) is 0.767. The van der Waals surface area contributed by atoms with Crippen molar-refractivity contribution in [1.82, 2.24) is 20.0 Å². The van der Waals surface area contributed by atoms with Crippen LogP contribution in [0.2, 0.25) is 0 Å². The number of anilines is 1. The third kappa shape index (κ3) is 2.41. The van der Waals surface area contributed by atoms with E-state index in [2.05, 4.69) is 20.6 Å². The van der Waals surface area contributed by atoms with E-state index < -0.39 is 0 Å². The molecule has 3 rings (SSSR count). The molecular weight excluding hydrogens is 262 g/mol. The van der Waals surface area contributed by atoms with Crippen LogP contribution in [0.4, 0.5) is 5.69 Å². The Labute approximate surface area is 113 Å². The van der Waals surface area contributed by atoms with Crippen LogP contribution in [0, 0.1) is 0 Å². The van der Waals surface area contributed by atoms with Gasteiger partial charge in [-0.1, -0.05) is 6.07 Å². The first-order chi connectivity index (χ1) is 9.22. The monoisotopic (exact) mass is 273 g/mol. The molecular formula is C12H11N5OS. The van der Waals surface area contributed by atoms with Crippen LogP contribution in [0.25, 0.3) is 10.6 Å². The Morgan fingerprint density at radius 1 is 1.53 bits per heavy atom. The van der Waals surface area contributed by atoms with E-state index in [0.29, 0.717) is 11.4 Å². The minimum Gasteiger partial charge on any atom is -0.318 e. The van der Waals surface area contributed by atoms with Gasteiger partial charge in [-0.25, -0.2) is 0 Å². The van der Waals surface area contributed by atoms with Gasteiger partial charge in [-0.15, -0.1) is 11.3 Å². The zero-order chi connectivity index (χ0) is 13.2. The molecule has 3 heterocycles. The number of amides is 1. The molecule has 7 heteroatoms. The predicted molar refractivity (Wildman–Crippen MR) is 73.1 cm³/mol. The molecule has 0 aromatic carbocycles. The standard InChI is InChI=1S/C12H11N5OS/c1-17-7-8(6-13-17)14-12(18)10-5-9(15-16-10)11-3-2-4-19-11/h2-7H,1H3,(H,14,18)(H,15,16). The van der Waals surface area contributed by atoms with Gasteiger partial charge in [0, 0.05) is 13.2 Å². The second-order valence-electron chi connectivity index (χ2n) is 4.00. The predicted octanol–water partition coefficient (Wildman–Crippen LogP) is 2.12. The molecule has 1 amide bonds. The first kappa shape index (κ1) is 11.7. The summed E-state index contributed by atoms with van der Waals surface area (Å²) >= 11 is 1.59. The molecule has 0 aliphatic carbocycles. The summed E-state index contributed by atoms with van der Waals surface area (Å²) < 4.78 is 1.62. The molecule has 0 atom stereocenters. The average molecular weight is 273 g/mol. The molecule has 3 aromatic heterocycles. The summed E-state index contributed by atoms with van der Waals surface area (Å²) in [5.74, 6) is -0.257. The van der Waals surface area contributed by atoms with Crippen molar-refractivity contribution in [1.29, 1.82) is 0 Å². The second kappa shape index (κ2) is 4.69. The number of aryl methyl sites for hydroxylation is 1. The van der Waals surface area contributed by atoms with E-state index in [0.717, 1.165) is 10.6 Å². The van der Waals surface area contributed by atoms with Crippen molar-refractivity contribution in [2.45, 2.75) is 0 Å². The summed E-state index contributed by atoms with van der Waals surface area (Å²) in [5, 5.41) is 15.6. The average Bonchev–Trinajstić information content (AvgIpc) is 3.08. The Bertz CT molecular complexity index is 697. The van der Waals surface area contributed by atoms with E-state index in [9.17, 15) is 4.79 Å². The van der Waals surface area contributed by atoms with Crippen LogP contribution >= 0.6 is 11.3 Å². The Kier molecular flexibility index (Phi) is 2.88. The van der Waals surface area contributed by atoms with Crippen molar-refractivity contribution in [3.8, 4) is 10.6 Å². The van der Waals surface area contributed by atoms with Gasteiger partial charge in [0.25, 0.3) is 5.91 Å². The molecule has 0 aliphatic rings. The maximum Gasteiger partial charge on any atom is 0.276 e. The van der Waals surface area contributed by atoms with Gasteiger partial charge in [0.15, 0.2) is 5.69 Å². The molecule has 0 spiro atoms. The van der Waals surface area contributed by atoms with Gasteiger partial charge in [0.2, 0.25) is 0 Å². The number of aromatic amines is 1. The fourth-order valence-electron chi connectivity index (χ4n) is 1.68. The van der Waals surface area contributed by atoms with E-state index in [1.165, 1.54) is 0 Å². The normalized spacial score (nSPS) is 10.6. The molecule has 0 aliphatic heterocycles. The smallest absolute Gasteiger partial charge is 0.276 e. The van der Waals surface area contributed by atoms with Gasteiger partial charge in [0.1, 0.15) is 0 Å². The molecule has 0 radical (unpaired) electrons. The zero-order valence-corrected chi connectivity index (χ0v) is 10.9. The molecule has 0 saturated heterocycles. The minimum atomic E-state index is -0.257. The Morgan fingerprint density at radius 3 is 3.11 bits per heavy atom. The number of carbonyl (C=O) groups is 1. The lowest BCUT2D eigenvalue weighted by Crippen LogP contribution is -2.11. The number of nitrogens with one attached hydrogen (secondary N) is 2. The highest BCUT2D eigenvalue weighted by Gasteiger charge is 2.12. The summed E-state index contributed by atoms with van der Waals surface area (Å²) in [4.78, 5) is 13.0. The van der Waals surface area contributed by atoms with E-state index in [4.69, 9.17) is 0 Å². The highest BCUT2D eigenvalue weighted by Crippen LogP contribution is 2.23. The summed E-state index contributed by atoms with van der Waals surface area (Å²) in [7, 11) is 1.79. The fraction of sp³-hybridized carbons (Fsp3) is 0.0833. The molecule has 0 fully saturated rings. The van der Waals surface area contributed by atoms with E-state index in [1.54, 1.807) is 41.5 Å². The van der Waals surface area contributed by atoms with Gasteiger partial charge in [-0.05, 0) is 17.5 Å². The van der Waals surface area contributed by atoms with Crippen LogP contribution in [-0.4, -0.2) is 25.9 Å². The van der Waals surface area contributed by atoms with Crippen LogP contribution < -0.4 is 5.32 Å². The number of H-pyrrole nitrogens is 1. The third-order valence-corrected chi connectivity index (χ3v) is 3.46. The molecule has 96 valence electrons. The van der Waals surface area contributed by atoms with Crippen molar-refractivity contribution in [2.24, 2.45) is 7.05 Å². The van der Waals surface area contributed by atoms with Gasteiger partial charge >= 0.3 is 0 Å². The van der Waals surface area contributed by atoms with Gasteiger partial charge < -0.3 is 5.32 Å². The summed E-state index contributed by atoms with van der Waals surface area (Å²) in [6.45, 7) is 0. The number of aromatic nitrogens is 4. The zero-order valence-electron chi connectivity index (χ0n) is 10.1. The maximum atomic E-state index is 12.0. The largest absolute Gasteiger partial charge is 0.318 e. The number of nitrogens with zero attached hydrogens (tertiary/aromatic N) is 3. The van der Waals surface area contributed by atoms with Crippen molar-refractivity contribution >= 4 is 22.9 Å². The van der Waals surface area contributed by atoms with Crippen molar-refractivity contribution in [3.63, 3.8) is 0 Å². The van der Waals surface area contributed by atoms with E-state index >= 15 is 0 Å². The maximum absolute atomic E-state index is 12.0. The number of thiophene rings is 1. The lowest BCUT2D eigenvalue weighted by atomic mass is 10.3. The highest BCUT2D eigenvalue weighted by molar-refractivity contribution is 7.13. The van der Waals surface area contributed by atoms with Gasteiger partial charge in [0.05, 0.1) is 22.5 Å². The lowest BCUT2D eigenvalue weighted by Gasteiger charge is -1.97. The summed E-state index contributed by atoms with van der Waals surface area (Å²) in [6, 6.07) is 5.66. The number of hydrogen-bond acceptors (Lipinski definition) is 4. The Hall–Kier alpha value is -2.41. The number of carbonyl (C=O) groups excluding carboxylic acids is 1. The van der Waals surface area contributed by atoms with Crippen LogP contribution in [0.1, 0.15) is 10.5 Å². The Morgan fingerprint density at radius 2 is 2.42 bits per heavy atom. The topological polar surface area (TPSA) is 75.6 Å². The molecule has 0 saturated carbocycles. The fourth-order valence-corrected chi connectivity index (χ4v) is 2.37. The lowest BCUT2D eigenvalue weighted by molar-refractivity contribution is 0.102. The number of rotatable bonds is 3. The molecule has 0 bridgehead atoms. The molecule has 2 N–H and O–H groups in total. The van der Waals surface area contributed by atoms with Gasteiger partial charge in [-0.3, -0.25) is 14.6 Å². The van der Waals surface area contributed by atoms with Crippen LogP contribution in [0.15, 0.2) is 36.0 Å². The Balaban J connectivity index is 1.77. The van der Waals surface area contributed by atoms with Crippen molar-refractivity contribution < 1.29 is 4.79 Å². The first-order valence-electron chi connectivity index (χ1n) is 5.61. The number of hydrogen-bond donors (Lipinski definition) is 2. The molecule has 3 aromatic rings. The molecule has 19 heavy (non-hydrogen) atoms. The third-order valence-electron chi connectivity index (χ3n) is 2.56. The van der Waals surface area contributed by atoms with Crippen LogP contribution in [-0.2, 0) is 7.05 Å². The first-order valence-corrected chi connectivity index (χ1v) is 6.49. The molecule has 6 nitrogen and oxygen atoms in total. The van der Waals surface area contributed by atoms with Gasteiger partial charge in [-0.2, -0.15) is 10.2 Å². The summed E-state index contributed by atoms with van der Waals surface area (Å²) in [5.41, 5.74) is 1.84. The second-order valence-corrected chi connectivity index (χ2v) is 4.95. The van der Waals surface area contributed by atoms with E-state index in [-0.39, 0.29) is 5.91 Å².